The van der Waals surface area contributed by atoms with Gasteiger partial charge in [-0.25, -0.2) is 18.1 Å². The molecule has 1 unspecified atom stereocenters. The molecule has 0 aliphatic heterocycles. The van der Waals surface area contributed by atoms with Gasteiger partial charge < -0.3 is 5.32 Å². The summed E-state index contributed by atoms with van der Waals surface area (Å²) in [6, 6.07) is 3.36. The average molecular weight is 332 g/mol. The van der Waals surface area contributed by atoms with Gasteiger partial charge in [-0.1, -0.05) is 19.9 Å². The number of sulfonamides is 1. The molecule has 0 bridgehead atoms. The molecule has 120 valence electrons. The summed E-state index contributed by atoms with van der Waals surface area (Å²) in [5.41, 5.74) is 0.984. The highest BCUT2D eigenvalue weighted by Gasteiger charge is 2.16. The standard InChI is InChI=1S/C14H25N3O2S2/c1-4-7-15-9-13-5-6-14(16-10-13)21(18,19)17-8-12(2)11-20-3/h5-6,10,12,15,17H,4,7-9,11H2,1-3H3. The van der Waals surface area contributed by atoms with Gasteiger partial charge in [0.25, 0.3) is 10.0 Å². The first-order valence-electron chi connectivity index (χ1n) is 7.13. The molecule has 21 heavy (non-hydrogen) atoms. The third kappa shape index (κ3) is 6.78. The van der Waals surface area contributed by atoms with Crippen LogP contribution in [0.2, 0.25) is 0 Å². The van der Waals surface area contributed by atoms with E-state index in [1.165, 1.54) is 0 Å². The normalized spacial score (nSPS) is 13.3. The van der Waals surface area contributed by atoms with Crippen LogP contribution < -0.4 is 10.0 Å². The number of pyridine rings is 1. The molecule has 0 spiro atoms. The second-order valence-corrected chi connectivity index (χ2v) is 7.72. The van der Waals surface area contributed by atoms with Gasteiger partial charge in [-0.2, -0.15) is 11.8 Å². The molecule has 0 amide bonds. The van der Waals surface area contributed by atoms with Gasteiger partial charge in [0.1, 0.15) is 0 Å². The molecule has 1 aromatic heterocycles. The summed E-state index contributed by atoms with van der Waals surface area (Å²) in [5, 5.41) is 3.34. The van der Waals surface area contributed by atoms with Crippen LogP contribution in [0.15, 0.2) is 23.4 Å². The molecule has 0 aliphatic rings. The fourth-order valence-electron chi connectivity index (χ4n) is 1.75. The first-order chi connectivity index (χ1) is 9.99. The minimum absolute atomic E-state index is 0.0816. The van der Waals surface area contributed by atoms with Gasteiger partial charge in [0, 0.05) is 19.3 Å². The Balaban J connectivity index is 2.58. The van der Waals surface area contributed by atoms with Crippen molar-refractivity contribution in [2.45, 2.75) is 31.8 Å². The van der Waals surface area contributed by atoms with Crippen LogP contribution in [0.5, 0.6) is 0 Å². The van der Waals surface area contributed by atoms with Crippen LogP contribution in [-0.4, -0.2) is 38.5 Å². The van der Waals surface area contributed by atoms with Crippen LogP contribution in [-0.2, 0) is 16.6 Å². The fraction of sp³-hybridized carbons (Fsp3) is 0.643. The molecule has 0 aromatic carbocycles. The summed E-state index contributed by atoms with van der Waals surface area (Å²) in [5.74, 6) is 1.23. The molecule has 2 N–H and O–H groups in total. The van der Waals surface area contributed by atoms with E-state index in [1.807, 2.05) is 13.2 Å². The summed E-state index contributed by atoms with van der Waals surface area (Å²) < 4.78 is 26.8. The molecule has 0 radical (unpaired) electrons. The van der Waals surface area contributed by atoms with E-state index in [1.54, 1.807) is 30.1 Å². The Bertz CT molecular complexity index is 503. The van der Waals surface area contributed by atoms with E-state index in [0.717, 1.165) is 24.3 Å². The Morgan fingerprint density at radius 3 is 2.71 bits per heavy atom. The quantitative estimate of drug-likeness (QED) is 0.640. The maximum atomic E-state index is 12.1. The van der Waals surface area contributed by atoms with Gasteiger partial charge in [0.15, 0.2) is 5.03 Å². The van der Waals surface area contributed by atoms with Crippen molar-refractivity contribution in [3.8, 4) is 0 Å². The number of hydrogen-bond donors (Lipinski definition) is 2. The summed E-state index contributed by atoms with van der Waals surface area (Å²) in [4.78, 5) is 4.06. The van der Waals surface area contributed by atoms with Crippen LogP contribution in [0, 0.1) is 5.92 Å². The molecule has 1 heterocycles. The van der Waals surface area contributed by atoms with Crippen molar-refractivity contribution >= 4 is 21.8 Å². The molecule has 1 atom stereocenters. The number of rotatable bonds is 10. The zero-order valence-electron chi connectivity index (χ0n) is 12.9. The SMILES string of the molecule is CCCNCc1ccc(S(=O)(=O)NCC(C)CSC)nc1. The lowest BCUT2D eigenvalue weighted by Gasteiger charge is -2.11. The van der Waals surface area contributed by atoms with Crippen LogP contribution in [0.4, 0.5) is 0 Å². The monoisotopic (exact) mass is 331 g/mol. The molecule has 1 rings (SSSR count). The predicted octanol–water partition coefficient (Wildman–Crippen LogP) is 1.86. The van der Waals surface area contributed by atoms with Gasteiger partial charge in [-0.05, 0) is 42.5 Å². The summed E-state index contributed by atoms with van der Waals surface area (Å²) in [6.07, 6.45) is 4.69. The summed E-state index contributed by atoms with van der Waals surface area (Å²) in [6.45, 7) is 6.21. The topological polar surface area (TPSA) is 71.1 Å². The van der Waals surface area contributed by atoms with Gasteiger partial charge in [0.05, 0.1) is 0 Å². The third-order valence-corrected chi connectivity index (χ3v) is 5.14. The van der Waals surface area contributed by atoms with Gasteiger partial charge in [-0.3, -0.25) is 0 Å². The molecule has 0 fully saturated rings. The molecule has 7 heteroatoms. The number of hydrogen-bond acceptors (Lipinski definition) is 5. The zero-order valence-corrected chi connectivity index (χ0v) is 14.6. The van der Waals surface area contributed by atoms with Crippen LogP contribution >= 0.6 is 11.8 Å². The van der Waals surface area contributed by atoms with Gasteiger partial charge in [-0.15, -0.1) is 0 Å². The highest BCUT2D eigenvalue weighted by atomic mass is 32.2. The molecule has 0 saturated heterocycles. The first kappa shape index (κ1) is 18.4. The van der Waals surface area contributed by atoms with E-state index >= 15 is 0 Å². The highest BCUT2D eigenvalue weighted by Crippen LogP contribution is 2.08. The minimum Gasteiger partial charge on any atom is -0.313 e. The second-order valence-electron chi connectivity index (χ2n) is 5.09. The maximum absolute atomic E-state index is 12.1. The largest absolute Gasteiger partial charge is 0.313 e. The van der Waals surface area contributed by atoms with E-state index in [9.17, 15) is 8.42 Å². The van der Waals surface area contributed by atoms with E-state index in [2.05, 4.69) is 21.9 Å². The Morgan fingerprint density at radius 1 is 1.38 bits per heavy atom. The van der Waals surface area contributed by atoms with E-state index in [4.69, 9.17) is 0 Å². The average Bonchev–Trinajstić information content (AvgIpc) is 2.46. The lowest BCUT2D eigenvalue weighted by atomic mass is 10.2. The molecular formula is C14H25N3O2S2. The Labute approximate surface area is 132 Å². The zero-order chi connectivity index (χ0) is 15.7. The van der Waals surface area contributed by atoms with Crippen LogP contribution in [0.1, 0.15) is 25.8 Å². The number of aromatic nitrogens is 1. The van der Waals surface area contributed by atoms with E-state index < -0.39 is 10.0 Å². The van der Waals surface area contributed by atoms with Crippen molar-refractivity contribution in [3.05, 3.63) is 23.9 Å². The second kappa shape index (κ2) is 9.40. The number of nitrogens with one attached hydrogen (secondary N) is 2. The molecule has 0 aliphatic carbocycles. The fourth-order valence-corrected chi connectivity index (χ4v) is 3.53. The molecular weight excluding hydrogens is 306 g/mol. The number of nitrogens with zero attached hydrogens (tertiary/aromatic N) is 1. The van der Waals surface area contributed by atoms with Crippen molar-refractivity contribution in [2.75, 3.05) is 25.1 Å². The smallest absolute Gasteiger partial charge is 0.258 e. The van der Waals surface area contributed by atoms with Crippen molar-refractivity contribution in [3.63, 3.8) is 0 Å². The maximum Gasteiger partial charge on any atom is 0.258 e. The van der Waals surface area contributed by atoms with Crippen LogP contribution in [0.25, 0.3) is 0 Å². The third-order valence-electron chi connectivity index (χ3n) is 2.90. The highest BCUT2D eigenvalue weighted by molar-refractivity contribution is 7.98. The van der Waals surface area contributed by atoms with Crippen molar-refractivity contribution in [1.29, 1.82) is 0 Å². The number of thioether (sulfide) groups is 1. The Hall–Kier alpha value is -0.630. The summed E-state index contributed by atoms with van der Waals surface area (Å²) in [7, 11) is -3.51. The van der Waals surface area contributed by atoms with Crippen LogP contribution in [0.3, 0.4) is 0 Å². The summed E-state index contributed by atoms with van der Waals surface area (Å²) >= 11 is 1.71. The minimum atomic E-state index is -3.51. The van der Waals surface area contributed by atoms with Crippen molar-refractivity contribution in [1.82, 2.24) is 15.0 Å². The Morgan fingerprint density at radius 2 is 2.14 bits per heavy atom. The van der Waals surface area contributed by atoms with Gasteiger partial charge in [0.2, 0.25) is 0 Å². The lowest BCUT2D eigenvalue weighted by Crippen LogP contribution is -2.29. The molecule has 0 saturated carbocycles. The lowest BCUT2D eigenvalue weighted by molar-refractivity contribution is 0.559. The Kier molecular flexibility index (Phi) is 8.24. The van der Waals surface area contributed by atoms with E-state index in [-0.39, 0.29) is 5.03 Å². The van der Waals surface area contributed by atoms with Crippen molar-refractivity contribution in [2.24, 2.45) is 5.92 Å². The van der Waals surface area contributed by atoms with Gasteiger partial charge >= 0.3 is 0 Å². The predicted molar refractivity (Wildman–Crippen MR) is 89.0 cm³/mol. The van der Waals surface area contributed by atoms with Crippen molar-refractivity contribution < 1.29 is 8.42 Å². The molecule has 1 aromatic rings. The van der Waals surface area contributed by atoms with E-state index in [0.29, 0.717) is 19.0 Å². The molecule has 5 nitrogen and oxygen atoms in total. The first-order valence-corrected chi connectivity index (χ1v) is 10.0.